The van der Waals surface area contributed by atoms with Crippen LogP contribution in [0, 0.1) is 17.2 Å². The lowest BCUT2D eigenvalue weighted by Crippen LogP contribution is -2.39. The molecule has 0 aliphatic carbocycles. The van der Waals surface area contributed by atoms with Crippen molar-refractivity contribution in [3.05, 3.63) is 35.9 Å². The number of benzene rings is 1. The third-order valence-electron chi connectivity index (χ3n) is 3.02. The predicted molar refractivity (Wildman–Crippen MR) is 67.5 cm³/mol. The molecule has 2 nitrogen and oxygen atoms in total. The van der Waals surface area contributed by atoms with Crippen molar-refractivity contribution in [1.82, 2.24) is 5.32 Å². The number of nitriles is 1. The maximum atomic E-state index is 12.4. The Bertz CT molecular complexity index is 432. The third kappa shape index (κ3) is 4.56. The lowest BCUT2D eigenvalue weighted by molar-refractivity contribution is -0.157. The van der Waals surface area contributed by atoms with Crippen LogP contribution in [0.25, 0.3) is 0 Å². The number of nitrogens with one attached hydrogen (secondary N) is 1. The van der Waals surface area contributed by atoms with Crippen LogP contribution >= 0.6 is 0 Å². The molecule has 1 atom stereocenters. The van der Waals surface area contributed by atoms with Crippen molar-refractivity contribution < 1.29 is 13.2 Å². The van der Waals surface area contributed by atoms with Gasteiger partial charge in [0.2, 0.25) is 0 Å². The maximum Gasteiger partial charge on any atom is 0.405 e. The molecule has 1 N–H and O–H groups in total. The van der Waals surface area contributed by atoms with Gasteiger partial charge in [-0.1, -0.05) is 44.2 Å². The largest absolute Gasteiger partial charge is 0.405 e. The second-order valence-corrected chi connectivity index (χ2v) is 5.10. The van der Waals surface area contributed by atoms with E-state index in [0.717, 1.165) is 5.56 Å². The molecular weight excluding hydrogens is 253 g/mol. The first-order valence-corrected chi connectivity index (χ1v) is 6.00. The molecule has 1 unspecified atom stereocenters. The Morgan fingerprint density at radius 3 is 2.26 bits per heavy atom. The molecule has 1 aromatic carbocycles. The molecule has 0 bridgehead atoms. The van der Waals surface area contributed by atoms with E-state index in [1.165, 1.54) is 6.07 Å². The van der Waals surface area contributed by atoms with Gasteiger partial charge in [0.1, 0.15) is 0 Å². The van der Waals surface area contributed by atoms with E-state index in [4.69, 9.17) is 5.26 Å². The van der Waals surface area contributed by atoms with E-state index in [9.17, 15) is 13.2 Å². The fraction of sp³-hybridized carbons (Fsp3) is 0.500. The third-order valence-corrected chi connectivity index (χ3v) is 3.02. The fourth-order valence-corrected chi connectivity index (χ4v) is 1.75. The molecule has 0 spiro atoms. The summed E-state index contributed by atoms with van der Waals surface area (Å²) < 4.78 is 37.2. The van der Waals surface area contributed by atoms with Crippen LogP contribution in [0.3, 0.4) is 0 Å². The summed E-state index contributed by atoms with van der Waals surface area (Å²) in [6.07, 6.45) is -4.47. The zero-order chi connectivity index (χ0) is 14.5. The predicted octanol–water partition coefficient (Wildman–Crippen LogP) is 3.26. The Labute approximate surface area is 111 Å². The van der Waals surface area contributed by atoms with Crippen molar-refractivity contribution >= 4 is 0 Å². The van der Waals surface area contributed by atoms with E-state index in [1.807, 2.05) is 44.2 Å². The molecule has 0 aliphatic rings. The molecule has 0 aromatic heterocycles. The lowest BCUT2D eigenvalue weighted by atomic mass is 9.84. The number of rotatable bonds is 5. The standard InChI is InChI=1S/C14H17F3N2/c1-13(2,11-6-4-3-5-7-11)10-19-9-12(8-18)14(15,16)17/h3-7,12,19H,9-10H2,1-2H3. The van der Waals surface area contributed by atoms with E-state index in [2.05, 4.69) is 5.32 Å². The molecule has 5 heteroatoms. The van der Waals surface area contributed by atoms with E-state index >= 15 is 0 Å². The highest BCUT2D eigenvalue weighted by Gasteiger charge is 2.39. The van der Waals surface area contributed by atoms with E-state index < -0.39 is 12.1 Å². The Kier molecular flexibility index (Phi) is 4.96. The van der Waals surface area contributed by atoms with Crippen LogP contribution in [-0.2, 0) is 5.41 Å². The summed E-state index contributed by atoms with van der Waals surface area (Å²) in [6.45, 7) is 3.90. The van der Waals surface area contributed by atoms with Gasteiger partial charge in [-0.05, 0) is 5.56 Å². The molecule has 0 aliphatic heterocycles. The topological polar surface area (TPSA) is 35.8 Å². The summed E-state index contributed by atoms with van der Waals surface area (Å²) in [6, 6.07) is 10.8. The Balaban J connectivity index is 2.56. The first-order valence-electron chi connectivity index (χ1n) is 6.00. The Morgan fingerprint density at radius 2 is 1.79 bits per heavy atom. The van der Waals surface area contributed by atoms with Crippen molar-refractivity contribution in [1.29, 1.82) is 5.26 Å². The minimum atomic E-state index is -4.47. The van der Waals surface area contributed by atoms with Crippen LogP contribution in [-0.4, -0.2) is 19.3 Å². The molecule has 0 heterocycles. The van der Waals surface area contributed by atoms with E-state index in [-0.39, 0.29) is 12.0 Å². The number of nitrogens with zero attached hydrogens (tertiary/aromatic N) is 1. The minimum absolute atomic E-state index is 0.285. The first-order chi connectivity index (χ1) is 8.77. The summed E-state index contributed by atoms with van der Waals surface area (Å²) in [5, 5.41) is 11.2. The van der Waals surface area contributed by atoms with Gasteiger partial charge in [-0.3, -0.25) is 0 Å². The molecule has 0 amide bonds. The average molecular weight is 270 g/mol. The summed E-state index contributed by atoms with van der Waals surface area (Å²) in [4.78, 5) is 0. The Hall–Kier alpha value is -1.54. The van der Waals surface area contributed by atoms with E-state index in [0.29, 0.717) is 6.54 Å². The van der Waals surface area contributed by atoms with Crippen molar-refractivity contribution in [2.75, 3.05) is 13.1 Å². The molecular formula is C14H17F3N2. The minimum Gasteiger partial charge on any atom is -0.314 e. The quantitative estimate of drug-likeness (QED) is 0.891. The summed E-state index contributed by atoms with van der Waals surface area (Å²) >= 11 is 0. The zero-order valence-electron chi connectivity index (χ0n) is 11.0. The van der Waals surface area contributed by atoms with Crippen molar-refractivity contribution in [3.8, 4) is 6.07 Å². The highest BCUT2D eigenvalue weighted by atomic mass is 19.4. The fourth-order valence-electron chi connectivity index (χ4n) is 1.75. The summed E-state index contributed by atoms with van der Waals surface area (Å²) in [7, 11) is 0. The molecule has 104 valence electrons. The zero-order valence-corrected chi connectivity index (χ0v) is 11.0. The second-order valence-electron chi connectivity index (χ2n) is 5.10. The number of alkyl halides is 3. The van der Waals surface area contributed by atoms with Gasteiger partial charge in [0.25, 0.3) is 0 Å². The smallest absolute Gasteiger partial charge is 0.314 e. The molecule has 0 radical (unpaired) electrons. The molecule has 0 fully saturated rings. The average Bonchev–Trinajstić information content (AvgIpc) is 2.34. The van der Waals surface area contributed by atoms with Crippen LogP contribution in [0.5, 0.6) is 0 Å². The van der Waals surface area contributed by atoms with Gasteiger partial charge in [-0.25, -0.2) is 0 Å². The van der Waals surface area contributed by atoms with Gasteiger partial charge in [0.05, 0.1) is 6.07 Å². The van der Waals surface area contributed by atoms with Crippen LogP contribution in [0.4, 0.5) is 13.2 Å². The van der Waals surface area contributed by atoms with Crippen molar-refractivity contribution in [3.63, 3.8) is 0 Å². The molecule has 1 aromatic rings. The van der Waals surface area contributed by atoms with Crippen molar-refractivity contribution in [2.24, 2.45) is 5.92 Å². The van der Waals surface area contributed by atoms with Gasteiger partial charge in [-0.2, -0.15) is 18.4 Å². The van der Waals surface area contributed by atoms with Gasteiger partial charge in [-0.15, -0.1) is 0 Å². The highest BCUT2D eigenvalue weighted by Crippen LogP contribution is 2.26. The van der Waals surface area contributed by atoms with Crippen LogP contribution in [0.1, 0.15) is 19.4 Å². The van der Waals surface area contributed by atoms with Gasteiger partial charge < -0.3 is 5.32 Å². The normalized spacial score (nSPS) is 13.9. The molecule has 1 rings (SSSR count). The monoisotopic (exact) mass is 270 g/mol. The first kappa shape index (κ1) is 15.5. The van der Waals surface area contributed by atoms with Crippen LogP contribution in [0.15, 0.2) is 30.3 Å². The molecule has 0 saturated carbocycles. The maximum absolute atomic E-state index is 12.4. The molecule has 19 heavy (non-hydrogen) atoms. The number of hydrogen-bond acceptors (Lipinski definition) is 2. The van der Waals surface area contributed by atoms with Crippen LogP contribution < -0.4 is 5.32 Å². The van der Waals surface area contributed by atoms with Crippen LogP contribution in [0.2, 0.25) is 0 Å². The van der Waals surface area contributed by atoms with Gasteiger partial charge in [0.15, 0.2) is 5.92 Å². The SMILES string of the molecule is CC(C)(CNCC(C#N)C(F)(F)F)c1ccccc1. The van der Waals surface area contributed by atoms with E-state index in [1.54, 1.807) is 0 Å². The lowest BCUT2D eigenvalue weighted by Gasteiger charge is -2.26. The summed E-state index contributed by atoms with van der Waals surface area (Å²) in [5.74, 6) is -1.96. The van der Waals surface area contributed by atoms with Gasteiger partial charge in [0, 0.05) is 18.5 Å². The number of hydrogen-bond donors (Lipinski definition) is 1. The number of halogens is 3. The summed E-state index contributed by atoms with van der Waals surface area (Å²) in [5.41, 5.74) is 0.760. The Morgan fingerprint density at radius 1 is 1.21 bits per heavy atom. The highest BCUT2D eigenvalue weighted by molar-refractivity contribution is 5.23. The van der Waals surface area contributed by atoms with Crippen molar-refractivity contribution in [2.45, 2.75) is 25.4 Å². The second kappa shape index (κ2) is 6.07. The molecule has 0 saturated heterocycles. The van der Waals surface area contributed by atoms with Gasteiger partial charge >= 0.3 is 6.18 Å².